The van der Waals surface area contributed by atoms with E-state index >= 15 is 0 Å². The van der Waals surface area contributed by atoms with Crippen LogP contribution in [-0.2, 0) is 0 Å². The Morgan fingerprint density at radius 1 is 1.12 bits per heavy atom. The molecule has 2 aromatic carbocycles. The van der Waals surface area contributed by atoms with Crippen LogP contribution in [0.25, 0.3) is 0 Å². The van der Waals surface area contributed by atoms with Gasteiger partial charge in [0.15, 0.2) is 5.11 Å². The van der Waals surface area contributed by atoms with E-state index in [0.717, 1.165) is 12.1 Å². The number of hydrogen-bond donors (Lipinski definition) is 1. The fourth-order valence-corrected chi connectivity index (χ4v) is 2.40. The van der Waals surface area contributed by atoms with Crippen molar-refractivity contribution < 1.29 is 9.53 Å². The molecular weight excluding hydrogens is 332 g/mol. The van der Waals surface area contributed by atoms with Gasteiger partial charge in [-0.25, -0.2) is 0 Å². The standard InChI is InChI=1S/C20H24N2O2S/c1-15(2)13-14-24-18-12-8-7-11-17(18)19(23)21-20(25)22(3)16-9-5-4-6-10-16/h4-12,15H,13-14H2,1-3H3,(H,21,23,25). The highest BCUT2D eigenvalue weighted by molar-refractivity contribution is 7.80. The molecule has 5 heteroatoms. The molecule has 0 fully saturated rings. The summed E-state index contributed by atoms with van der Waals surface area (Å²) in [6.07, 6.45) is 0.936. The summed E-state index contributed by atoms with van der Waals surface area (Å²) in [6.45, 7) is 4.86. The highest BCUT2D eigenvalue weighted by Gasteiger charge is 2.16. The number of amides is 1. The largest absolute Gasteiger partial charge is 0.493 e. The minimum atomic E-state index is -0.270. The quantitative estimate of drug-likeness (QED) is 0.785. The van der Waals surface area contributed by atoms with Gasteiger partial charge in [-0.05, 0) is 48.8 Å². The number of anilines is 1. The molecule has 0 radical (unpaired) electrons. The third kappa shape index (κ3) is 5.57. The van der Waals surface area contributed by atoms with Crippen LogP contribution in [-0.4, -0.2) is 24.7 Å². The van der Waals surface area contributed by atoms with Crippen molar-refractivity contribution in [3.8, 4) is 5.75 Å². The summed E-state index contributed by atoms with van der Waals surface area (Å²) in [5.41, 5.74) is 1.39. The van der Waals surface area contributed by atoms with Crippen molar-refractivity contribution in [2.45, 2.75) is 20.3 Å². The Balaban J connectivity index is 2.04. The van der Waals surface area contributed by atoms with Gasteiger partial charge in [-0.15, -0.1) is 0 Å². The van der Waals surface area contributed by atoms with Crippen LogP contribution in [0.4, 0.5) is 5.69 Å². The number of hydrogen-bond acceptors (Lipinski definition) is 3. The zero-order valence-corrected chi connectivity index (χ0v) is 15.7. The van der Waals surface area contributed by atoms with E-state index in [1.165, 1.54) is 0 Å². The topological polar surface area (TPSA) is 41.6 Å². The van der Waals surface area contributed by atoms with Gasteiger partial charge in [-0.3, -0.25) is 10.1 Å². The smallest absolute Gasteiger partial charge is 0.261 e. The second-order valence-electron chi connectivity index (χ2n) is 6.18. The maximum atomic E-state index is 12.6. The van der Waals surface area contributed by atoms with Gasteiger partial charge in [0.1, 0.15) is 5.75 Å². The maximum Gasteiger partial charge on any atom is 0.261 e. The van der Waals surface area contributed by atoms with Crippen molar-refractivity contribution in [1.29, 1.82) is 0 Å². The number of rotatable bonds is 6. The fourth-order valence-electron chi connectivity index (χ4n) is 2.20. The van der Waals surface area contributed by atoms with E-state index in [1.54, 1.807) is 17.0 Å². The summed E-state index contributed by atoms with van der Waals surface area (Å²) in [7, 11) is 1.82. The highest BCUT2D eigenvalue weighted by atomic mass is 32.1. The first-order chi connectivity index (χ1) is 12.0. The lowest BCUT2D eigenvalue weighted by Crippen LogP contribution is -2.40. The number of ether oxygens (including phenoxy) is 1. The number of nitrogens with one attached hydrogen (secondary N) is 1. The Morgan fingerprint density at radius 2 is 1.76 bits per heavy atom. The lowest BCUT2D eigenvalue weighted by Gasteiger charge is -2.21. The molecule has 0 aliphatic heterocycles. The lowest BCUT2D eigenvalue weighted by atomic mass is 10.1. The van der Waals surface area contributed by atoms with E-state index in [0.29, 0.717) is 29.0 Å². The summed E-state index contributed by atoms with van der Waals surface area (Å²) in [4.78, 5) is 14.4. The summed E-state index contributed by atoms with van der Waals surface area (Å²) in [6, 6.07) is 16.9. The molecule has 1 amide bonds. The van der Waals surface area contributed by atoms with Gasteiger partial charge in [0.25, 0.3) is 5.91 Å². The van der Waals surface area contributed by atoms with Gasteiger partial charge < -0.3 is 9.64 Å². The third-order valence-electron chi connectivity index (χ3n) is 3.75. The first kappa shape index (κ1) is 18.9. The predicted octanol–water partition coefficient (Wildman–Crippen LogP) is 4.26. The fraction of sp³-hybridized carbons (Fsp3) is 0.300. The second kappa shape index (κ2) is 9.18. The summed E-state index contributed by atoms with van der Waals surface area (Å²) in [5, 5.41) is 3.11. The number of carbonyl (C=O) groups is 1. The Labute approximate surface area is 154 Å². The molecule has 1 N–H and O–H groups in total. The third-order valence-corrected chi connectivity index (χ3v) is 4.13. The molecule has 0 aliphatic rings. The Hall–Kier alpha value is -2.40. The van der Waals surface area contributed by atoms with Gasteiger partial charge in [-0.1, -0.05) is 44.2 Å². The molecular formula is C20H24N2O2S. The van der Waals surface area contributed by atoms with E-state index in [1.807, 2.05) is 49.5 Å². The van der Waals surface area contributed by atoms with Gasteiger partial charge in [-0.2, -0.15) is 0 Å². The molecule has 4 nitrogen and oxygen atoms in total. The van der Waals surface area contributed by atoms with E-state index < -0.39 is 0 Å². The SMILES string of the molecule is CC(C)CCOc1ccccc1C(=O)NC(=S)N(C)c1ccccc1. The van der Waals surface area contributed by atoms with Crippen molar-refractivity contribution in [2.75, 3.05) is 18.6 Å². The van der Waals surface area contributed by atoms with Gasteiger partial charge in [0.05, 0.1) is 12.2 Å². The summed E-state index contributed by atoms with van der Waals surface area (Å²) >= 11 is 5.35. The zero-order valence-electron chi connectivity index (χ0n) is 14.9. The van der Waals surface area contributed by atoms with Gasteiger partial charge >= 0.3 is 0 Å². The highest BCUT2D eigenvalue weighted by Crippen LogP contribution is 2.19. The van der Waals surface area contributed by atoms with Crippen LogP contribution in [0.15, 0.2) is 54.6 Å². The summed E-state index contributed by atoms with van der Waals surface area (Å²) in [5.74, 6) is 0.854. The number of para-hydroxylation sites is 2. The van der Waals surface area contributed by atoms with Crippen LogP contribution in [0.5, 0.6) is 5.75 Å². The average Bonchev–Trinajstić information content (AvgIpc) is 2.61. The normalized spacial score (nSPS) is 10.4. The number of thiocarbonyl (C=S) groups is 1. The van der Waals surface area contributed by atoms with E-state index in [9.17, 15) is 4.79 Å². The van der Waals surface area contributed by atoms with Crippen LogP contribution >= 0.6 is 12.2 Å². The monoisotopic (exact) mass is 356 g/mol. The molecule has 25 heavy (non-hydrogen) atoms. The van der Waals surface area contributed by atoms with Crippen molar-refractivity contribution in [2.24, 2.45) is 5.92 Å². The van der Waals surface area contributed by atoms with Gasteiger partial charge in [0, 0.05) is 12.7 Å². The van der Waals surface area contributed by atoms with Crippen LogP contribution < -0.4 is 15.0 Å². The van der Waals surface area contributed by atoms with Crippen LogP contribution in [0, 0.1) is 5.92 Å². The molecule has 0 saturated heterocycles. The molecule has 2 rings (SSSR count). The zero-order chi connectivity index (χ0) is 18.2. The van der Waals surface area contributed by atoms with Crippen LogP contribution in [0.1, 0.15) is 30.6 Å². The number of carbonyl (C=O) groups excluding carboxylic acids is 1. The predicted molar refractivity (Wildman–Crippen MR) is 106 cm³/mol. The van der Waals surface area contributed by atoms with Crippen LogP contribution in [0.3, 0.4) is 0 Å². The molecule has 0 heterocycles. The molecule has 0 spiro atoms. The molecule has 0 aromatic heterocycles. The number of benzene rings is 2. The molecule has 0 unspecified atom stereocenters. The summed E-state index contributed by atoms with van der Waals surface area (Å²) < 4.78 is 5.78. The Bertz CT molecular complexity index is 717. The first-order valence-electron chi connectivity index (χ1n) is 8.35. The van der Waals surface area contributed by atoms with Crippen molar-refractivity contribution in [1.82, 2.24) is 5.32 Å². The minimum absolute atomic E-state index is 0.270. The Kier molecular flexibility index (Phi) is 6.95. The molecule has 0 bridgehead atoms. The number of nitrogens with zero attached hydrogens (tertiary/aromatic N) is 1. The van der Waals surface area contributed by atoms with E-state index in [-0.39, 0.29) is 5.91 Å². The Morgan fingerprint density at radius 3 is 2.44 bits per heavy atom. The molecule has 0 saturated carbocycles. The van der Waals surface area contributed by atoms with Crippen LogP contribution in [0.2, 0.25) is 0 Å². The molecule has 2 aromatic rings. The molecule has 132 valence electrons. The first-order valence-corrected chi connectivity index (χ1v) is 8.75. The minimum Gasteiger partial charge on any atom is -0.493 e. The lowest BCUT2D eigenvalue weighted by molar-refractivity contribution is 0.0973. The van der Waals surface area contributed by atoms with E-state index in [2.05, 4.69) is 19.2 Å². The molecule has 0 aliphatic carbocycles. The van der Waals surface area contributed by atoms with E-state index in [4.69, 9.17) is 17.0 Å². The van der Waals surface area contributed by atoms with Gasteiger partial charge in [0.2, 0.25) is 0 Å². The maximum absolute atomic E-state index is 12.6. The van der Waals surface area contributed by atoms with Crippen molar-refractivity contribution >= 4 is 28.9 Å². The van der Waals surface area contributed by atoms with Crippen molar-refractivity contribution in [3.63, 3.8) is 0 Å². The molecule has 0 atom stereocenters. The average molecular weight is 356 g/mol. The van der Waals surface area contributed by atoms with Crippen molar-refractivity contribution in [3.05, 3.63) is 60.2 Å². The second-order valence-corrected chi connectivity index (χ2v) is 6.57.